The van der Waals surface area contributed by atoms with Crippen LogP contribution in [0.3, 0.4) is 0 Å². The van der Waals surface area contributed by atoms with Crippen LogP contribution in [0.4, 0.5) is 0 Å². The number of carbonyl (C=O) groups is 2. The van der Waals surface area contributed by atoms with Gasteiger partial charge >= 0.3 is 0 Å². The highest BCUT2D eigenvalue weighted by Gasteiger charge is 2.31. The number of benzene rings is 2. The minimum Gasteiger partial charge on any atom is -0.484 e. The third-order valence-electron chi connectivity index (χ3n) is 5.89. The Kier molecular flexibility index (Phi) is 8.83. The summed E-state index contributed by atoms with van der Waals surface area (Å²) < 4.78 is 5.80. The van der Waals surface area contributed by atoms with Gasteiger partial charge in [-0.25, -0.2) is 0 Å². The maximum Gasteiger partial charge on any atom is 0.261 e. The summed E-state index contributed by atoms with van der Waals surface area (Å²) in [6, 6.07) is 12.3. The zero-order valence-corrected chi connectivity index (χ0v) is 20.1. The topological polar surface area (TPSA) is 58.6 Å². The normalized spacial score (nSPS) is 14.8. The van der Waals surface area contributed by atoms with Gasteiger partial charge in [-0.3, -0.25) is 9.59 Å². The van der Waals surface area contributed by atoms with Crippen molar-refractivity contribution < 1.29 is 14.3 Å². The molecular formula is C25H30Cl2N2O3. The van der Waals surface area contributed by atoms with Gasteiger partial charge in [0.05, 0.1) is 0 Å². The van der Waals surface area contributed by atoms with E-state index in [1.165, 1.54) is 0 Å². The number of nitrogens with zero attached hydrogens (tertiary/aromatic N) is 1. The van der Waals surface area contributed by atoms with Crippen molar-refractivity contribution in [3.8, 4) is 5.75 Å². The van der Waals surface area contributed by atoms with Crippen molar-refractivity contribution in [1.82, 2.24) is 10.2 Å². The third-order valence-corrected chi connectivity index (χ3v) is 6.47. The minimum atomic E-state index is -0.615. The number of aryl methyl sites for hydroxylation is 1. The van der Waals surface area contributed by atoms with E-state index in [1.807, 2.05) is 38.1 Å². The van der Waals surface area contributed by atoms with Crippen molar-refractivity contribution >= 4 is 35.0 Å². The first-order valence-corrected chi connectivity index (χ1v) is 11.9. The third kappa shape index (κ3) is 6.39. The fourth-order valence-electron chi connectivity index (χ4n) is 4.06. The van der Waals surface area contributed by atoms with E-state index in [2.05, 4.69) is 5.32 Å². The summed E-state index contributed by atoms with van der Waals surface area (Å²) in [7, 11) is 0. The molecule has 7 heteroatoms. The van der Waals surface area contributed by atoms with E-state index >= 15 is 0 Å². The Morgan fingerprint density at radius 1 is 1.16 bits per heavy atom. The van der Waals surface area contributed by atoms with Crippen molar-refractivity contribution in [2.45, 2.75) is 64.6 Å². The van der Waals surface area contributed by atoms with Crippen molar-refractivity contribution in [2.75, 3.05) is 6.61 Å². The van der Waals surface area contributed by atoms with Gasteiger partial charge < -0.3 is 15.0 Å². The first-order chi connectivity index (χ1) is 15.4. The Morgan fingerprint density at radius 2 is 1.88 bits per heavy atom. The van der Waals surface area contributed by atoms with Gasteiger partial charge in [0.1, 0.15) is 11.8 Å². The molecule has 1 saturated carbocycles. The summed E-state index contributed by atoms with van der Waals surface area (Å²) in [6.07, 6.45) is 4.69. The molecule has 0 unspecified atom stereocenters. The molecule has 1 fully saturated rings. The molecule has 0 bridgehead atoms. The molecule has 1 atom stereocenters. The van der Waals surface area contributed by atoms with Gasteiger partial charge in [0, 0.05) is 22.6 Å². The molecule has 0 heterocycles. The lowest BCUT2D eigenvalue weighted by molar-refractivity contribution is -0.143. The average Bonchev–Trinajstić information content (AvgIpc) is 3.27. The fourth-order valence-corrected chi connectivity index (χ4v) is 4.53. The Balaban J connectivity index is 1.80. The summed E-state index contributed by atoms with van der Waals surface area (Å²) >= 11 is 12.4. The predicted molar refractivity (Wildman–Crippen MR) is 128 cm³/mol. The summed E-state index contributed by atoms with van der Waals surface area (Å²) in [4.78, 5) is 28.0. The van der Waals surface area contributed by atoms with E-state index in [4.69, 9.17) is 27.9 Å². The van der Waals surface area contributed by atoms with Crippen LogP contribution in [-0.4, -0.2) is 35.4 Å². The lowest BCUT2D eigenvalue weighted by Crippen LogP contribution is -2.52. The van der Waals surface area contributed by atoms with Crippen LogP contribution in [0.25, 0.3) is 0 Å². The Hall–Kier alpha value is -2.24. The molecule has 1 aliphatic carbocycles. The zero-order chi connectivity index (χ0) is 23.1. The molecule has 2 aromatic rings. The SMILES string of the molecule is CC[C@H](C(=O)NC1CCCC1)N(Cc1ccc(Cl)cc1Cl)C(=O)COc1ccccc1C. The molecule has 0 aromatic heterocycles. The van der Waals surface area contributed by atoms with Gasteiger partial charge in [-0.1, -0.05) is 67.2 Å². The highest BCUT2D eigenvalue weighted by molar-refractivity contribution is 6.35. The number of hydrogen-bond donors (Lipinski definition) is 1. The Morgan fingerprint density at radius 3 is 2.53 bits per heavy atom. The van der Waals surface area contributed by atoms with Gasteiger partial charge in [0.2, 0.25) is 5.91 Å². The van der Waals surface area contributed by atoms with Crippen molar-refractivity contribution in [1.29, 1.82) is 0 Å². The molecule has 1 aliphatic rings. The van der Waals surface area contributed by atoms with E-state index in [9.17, 15) is 9.59 Å². The smallest absolute Gasteiger partial charge is 0.261 e. The first kappa shape index (κ1) is 24.4. The van der Waals surface area contributed by atoms with Crippen molar-refractivity contribution in [3.63, 3.8) is 0 Å². The van der Waals surface area contributed by atoms with Gasteiger partial charge in [-0.05, 0) is 55.5 Å². The molecule has 0 spiro atoms. The molecule has 0 radical (unpaired) electrons. The van der Waals surface area contributed by atoms with E-state index in [0.29, 0.717) is 22.2 Å². The molecule has 2 aromatic carbocycles. The average molecular weight is 477 g/mol. The lowest BCUT2D eigenvalue weighted by Gasteiger charge is -2.31. The molecule has 3 rings (SSSR count). The number of halogens is 2. The molecule has 0 saturated heterocycles. The van der Waals surface area contributed by atoms with Crippen LogP contribution in [0.2, 0.25) is 10.0 Å². The second-order valence-electron chi connectivity index (χ2n) is 8.23. The standard InChI is InChI=1S/C25H30Cl2N2O3/c1-3-22(25(31)28-20-9-5-6-10-20)29(15-18-12-13-19(26)14-21(18)27)24(30)16-32-23-11-7-4-8-17(23)2/h4,7-8,11-14,20,22H,3,5-6,9-10,15-16H2,1-2H3,(H,28,31)/t22-/m1/s1. The second kappa shape index (κ2) is 11.6. The van der Waals surface area contributed by atoms with Crippen LogP contribution in [0.5, 0.6) is 5.75 Å². The number of hydrogen-bond acceptors (Lipinski definition) is 3. The van der Waals surface area contributed by atoms with Gasteiger partial charge in [-0.15, -0.1) is 0 Å². The predicted octanol–water partition coefficient (Wildman–Crippen LogP) is 5.55. The Labute approximate surface area is 200 Å². The number of ether oxygens (including phenoxy) is 1. The van der Waals surface area contributed by atoms with E-state index in [0.717, 1.165) is 36.8 Å². The quantitative estimate of drug-likeness (QED) is 0.516. The molecule has 1 N–H and O–H groups in total. The van der Waals surface area contributed by atoms with Crippen molar-refractivity contribution in [2.24, 2.45) is 0 Å². The molecule has 32 heavy (non-hydrogen) atoms. The zero-order valence-electron chi connectivity index (χ0n) is 18.6. The first-order valence-electron chi connectivity index (χ1n) is 11.1. The summed E-state index contributed by atoms with van der Waals surface area (Å²) in [5.41, 5.74) is 1.67. The van der Waals surface area contributed by atoms with E-state index in [1.54, 1.807) is 23.1 Å². The van der Waals surface area contributed by atoms with Crippen LogP contribution in [0.1, 0.15) is 50.2 Å². The molecule has 5 nitrogen and oxygen atoms in total. The van der Waals surface area contributed by atoms with Gasteiger partial charge in [0.25, 0.3) is 5.91 Å². The minimum absolute atomic E-state index is 0.131. The maximum absolute atomic E-state index is 13.3. The van der Waals surface area contributed by atoms with Crippen LogP contribution >= 0.6 is 23.2 Å². The Bertz CT molecular complexity index is 945. The van der Waals surface area contributed by atoms with Crippen LogP contribution in [0, 0.1) is 6.92 Å². The monoisotopic (exact) mass is 476 g/mol. The van der Waals surface area contributed by atoms with Crippen LogP contribution in [-0.2, 0) is 16.1 Å². The summed E-state index contributed by atoms with van der Waals surface area (Å²) in [6.45, 7) is 3.87. The molecule has 2 amide bonds. The molecule has 172 valence electrons. The largest absolute Gasteiger partial charge is 0.484 e. The lowest BCUT2D eigenvalue weighted by atomic mass is 10.1. The van der Waals surface area contributed by atoms with Crippen molar-refractivity contribution in [3.05, 3.63) is 63.6 Å². The summed E-state index contributed by atoms with van der Waals surface area (Å²) in [5, 5.41) is 4.11. The van der Waals surface area contributed by atoms with Crippen LogP contribution in [0.15, 0.2) is 42.5 Å². The number of rotatable bonds is 9. The summed E-state index contributed by atoms with van der Waals surface area (Å²) in [5.74, 6) is 0.246. The second-order valence-corrected chi connectivity index (χ2v) is 9.07. The fraction of sp³-hybridized carbons (Fsp3) is 0.440. The van der Waals surface area contributed by atoms with E-state index in [-0.39, 0.29) is 31.0 Å². The van der Waals surface area contributed by atoms with Gasteiger partial charge in [-0.2, -0.15) is 0 Å². The van der Waals surface area contributed by atoms with Crippen LogP contribution < -0.4 is 10.1 Å². The highest BCUT2D eigenvalue weighted by atomic mass is 35.5. The molecule has 0 aliphatic heterocycles. The van der Waals surface area contributed by atoms with E-state index < -0.39 is 6.04 Å². The number of nitrogens with one attached hydrogen (secondary N) is 1. The maximum atomic E-state index is 13.3. The number of para-hydroxylation sites is 1. The highest BCUT2D eigenvalue weighted by Crippen LogP contribution is 2.25. The van der Waals surface area contributed by atoms with Gasteiger partial charge in [0.15, 0.2) is 6.61 Å². The number of carbonyl (C=O) groups excluding carboxylic acids is 2. The number of amides is 2. The molecular weight excluding hydrogens is 447 g/mol.